The number of esters is 1. The molecule has 0 aromatic heterocycles. The molecule has 1 saturated heterocycles. The summed E-state index contributed by atoms with van der Waals surface area (Å²) < 4.78 is 5.64. The number of amides is 1. The number of hydrogen-bond acceptors (Lipinski definition) is 4. The first-order valence-electron chi connectivity index (χ1n) is 10.6. The van der Waals surface area contributed by atoms with Crippen molar-refractivity contribution in [2.75, 3.05) is 13.1 Å². The largest absolute Gasteiger partial charge is 0.444 e. The number of carbonyl (C=O) groups is 2. The topological polar surface area (TPSA) is 58.6 Å². The Morgan fingerprint density at radius 2 is 1.66 bits per heavy atom. The molecular formula is C24H28N2O3. The second-order valence-electron chi connectivity index (χ2n) is 8.01. The van der Waals surface area contributed by atoms with Crippen LogP contribution < -0.4 is 5.32 Å². The fourth-order valence-electron chi connectivity index (χ4n) is 3.70. The molecule has 1 unspecified atom stereocenters. The molecule has 2 fully saturated rings. The van der Waals surface area contributed by atoms with Crippen molar-refractivity contribution in [2.24, 2.45) is 0 Å². The molecule has 1 saturated carbocycles. The third-order valence-electron chi connectivity index (χ3n) is 5.53. The maximum atomic E-state index is 12.7. The van der Waals surface area contributed by atoms with Crippen molar-refractivity contribution in [3.63, 3.8) is 0 Å². The molecule has 1 atom stereocenters. The number of benzene rings is 2. The van der Waals surface area contributed by atoms with Gasteiger partial charge in [-0.3, -0.25) is 9.69 Å². The summed E-state index contributed by atoms with van der Waals surface area (Å²) in [6, 6.07) is 16.9. The van der Waals surface area contributed by atoms with E-state index in [2.05, 4.69) is 10.2 Å². The lowest BCUT2D eigenvalue weighted by atomic mass is 10.1. The van der Waals surface area contributed by atoms with Gasteiger partial charge in [0.2, 0.25) is 6.10 Å². The predicted molar refractivity (Wildman–Crippen MR) is 111 cm³/mol. The van der Waals surface area contributed by atoms with Crippen molar-refractivity contribution in [1.82, 2.24) is 10.2 Å². The summed E-state index contributed by atoms with van der Waals surface area (Å²) in [6.45, 7) is 3.18. The van der Waals surface area contributed by atoms with Gasteiger partial charge < -0.3 is 10.1 Å². The van der Waals surface area contributed by atoms with E-state index in [4.69, 9.17) is 4.74 Å². The Morgan fingerprint density at radius 3 is 2.31 bits per heavy atom. The Hall–Kier alpha value is -2.66. The molecule has 5 heteroatoms. The van der Waals surface area contributed by atoms with Gasteiger partial charge >= 0.3 is 5.97 Å². The first-order chi connectivity index (χ1) is 14.2. The monoisotopic (exact) mass is 392 g/mol. The van der Waals surface area contributed by atoms with E-state index in [-0.39, 0.29) is 11.9 Å². The number of hydrogen-bond donors (Lipinski definition) is 1. The summed E-state index contributed by atoms with van der Waals surface area (Å²) in [4.78, 5) is 27.8. The van der Waals surface area contributed by atoms with E-state index in [1.54, 1.807) is 12.1 Å². The van der Waals surface area contributed by atoms with Crippen LogP contribution in [-0.2, 0) is 16.1 Å². The molecule has 2 aromatic rings. The quantitative estimate of drug-likeness (QED) is 0.727. The molecule has 1 heterocycles. The maximum absolute atomic E-state index is 12.7. The zero-order valence-corrected chi connectivity index (χ0v) is 16.7. The van der Waals surface area contributed by atoms with Gasteiger partial charge in [0.1, 0.15) is 0 Å². The fourth-order valence-corrected chi connectivity index (χ4v) is 3.70. The Bertz CT molecular complexity index is 825. The van der Waals surface area contributed by atoms with Gasteiger partial charge in [0.25, 0.3) is 5.91 Å². The maximum Gasteiger partial charge on any atom is 0.339 e. The van der Waals surface area contributed by atoms with Gasteiger partial charge in [-0.15, -0.1) is 0 Å². The van der Waals surface area contributed by atoms with E-state index < -0.39 is 12.1 Å². The summed E-state index contributed by atoms with van der Waals surface area (Å²) in [6.07, 6.45) is 4.87. The zero-order chi connectivity index (χ0) is 20.1. The van der Waals surface area contributed by atoms with Crippen molar-refractivity contribution in [3.05, 3.63) is 71.3 Å². The smallest absolute Gasteiger partial charge is 0.339 e. The van der Waals surface area contributed by atoms with Crippen molar-refractivity contribution < 1.29 is 14.3 Å². The predicted octanol–water partition coefficient (Wildman–Crippen LogP) is 3.85. The number of ether oxygens (including phenoxy) is 1. The molecule has 0 radical (unpaired) electrons. The highest BCUT2D eigenvalue weighted by Gasteiger charge is 2.31. The highest BCUT2D eigenvalue weighted by molar-refractivity contribution is 5.92. The van der Waals surface area contributed by atoms with Gasteiger partial charge in [-0.05, 0) is 56.5 Å². The van der Waals surface area contributed by atoms with Gasteiger partial charge in [-0.1, -0.05) is 48.9 Å². The minimum Gasteiger partial charge on any atom is -0.444 e. The number of likely N-dealkylation sites (tertiary alicyclic amines) is 1. The van der Waals surface area contributed by atoms with Gasteiger partial charge in [0.05, 0.1) is 5.56 Å². The summed E-state index contributed by atoms with van der Waals surface area (Å²) in [5.74, 6) is -0.733. The molecule has 152 valence electrons. The van der Waals surface area contributed by atoms with Crippen LogP contribution in [0.5, 0.6) is 0 Å². The lowest BCUT2D eigenvalue weighted by Crippen LogP contribution is -2.33. The molecule has 1 aliphatic heterocycles. The Kier molecular flexibility index (Phi) is 6.25. The average molecular weight is 392 g/mol. The minimum absolute atomic E-state index is 0.210. The number of nitrogens with one attached hydrogen (secondary N) is 1. The van der Waals surface area contributed by atoms with Crippen LogP contribution in [0.1, 0.15) is 59.7 Å². The lowest BCUT2D eigenvalue weighted by molar-refractivity contribution is -0.130. The summed E-state index contributed by atoms with van der Waals surface area (Å²) in [5, 5.41) is 2.94. The summed E-state index contributed by atoms with van der Waals surface area (Å²) >= 11 is 0. The third kappa shape index (κ3) is 5.45. The van der Waals surface area contributed by atoms with E-state index >= 15 is 0 Å². The number of nitrogens with zero attached hydrogens (tertiary/aromatic N) is 1. The van der Waals surface area contributed by atoms with Crippen LogP contribution in [0.15, 0.2) is 54.6 Å². The molecule has 2 aliphatic rings. The molecule has 1 N–H and O–H groups in total. The fraction of sp³-hybridized carbons (Fsp3) is 0.417. The minimum atomic E-state index is -0.933. The van der Waals surface area contributed by atoms with Gasteiger partial charge in [-0.2, -0.15) is 0 Å². The first-order valence-corrected chi connectivity index (χ1v) is 10.6. The SMILES string of the molecule is O=C(OC(C(=O)NC1CC1)c1ccccc1)c1ccc(CN2CCCCC2)cc1. The van der Waals surface area contributed by atoms with Crippen molar-refractivity contribution in [3.8, 4) is 0 Å². The molecule has 5 nitrogen and oxygen atoms in total. The molecule has 1 aliphatic carbocycles. The van der Waals surface area contributed by atoms with Gasteiger partial charge in [0, 0.05) is 18.2 Å². The van der Waals surface area contributed by atoms with E-state index in [0.29, 0.717) is 11.1 Å². The number of piperidine rings is 1. The van der Waals surface area contributed by atoms with Crippen LogP contribution in [0, 0.1) is 0 Å². The standard InChI is InChI=1S/C24H28N2O3/c27-23(25-21-13-14-21)22(19-7-3-1-4-8-19)29-24(28)20-11-9-18(10-12-20)17-26-15-5-2-6-16-26/h1,3-4,7-12,21-22H,2,5-6,13-17H2,(H,25,27). The molecular weight excluding hydrogens is 364 g/mol. The summed E-state index contributed by atoms with van der Waals surface area (Å²) in [7, 11) is 0. The van der Waals surface area contributed by atoms with Crippen molar-refractivity contribution in [1.29, 1.82) is 0 Å². The highest BCUT2D eigenvalue weighted by atomic mass is 16.5. The third-order valence-corrected chi connectivity index (χ3v) is 5.53. The number of carbonyl (C=O) groups excluding carboxylic acids is 2. The van der Waals surface area contributed by atoms with Crippen LogP contribution in [0.25, 0.3) is 0 Å². The molecule has 2 aromatic carbocycles. The second-order valence-corrected chi connectivity index (χ2v) is 8.01. The Labute approximate surface area is 172 Å². The molecule has 4 rings (SSSR count). The van der Waals surface area contributed by atoms with Crippen molar-refractivity contribution in [2.45, 2.75) is 50.8 Å². The summed E-state index contributed by atoms with van der Waals surface area (Å²) in [5.41, 5.74) is 2.34. The molecule has 1 amide bonds. The molecule has 0 spiro atoms. The van der Waals surface area contributed by atoms with Crippen LogP contribution in [0.4, 0.5) is 0 Å². The average Bonchev–Trinajstić information content (AvgIpc) is 3.57. The molecule has 29 heavy (non-hydrogen) atoms. The van der Waals surface area contributed by atoms with Crippen LogP contribution >= 0.6 is 0 Å². The first kappa shape index (κ1) is 19.6. The van der Waals surface area contributed by atoms with E-state index in [1.807, 2.05) is 42.5 Å². The Morgan fingerprint density at radius 1 is 0.966 bits per heavy atom. The van der Waals surface area contributed by atoms with Crippen LogP contribution in [-0.4, -0.2) is 35.9 Å². The van der Waals surface area contributed by atoms with Crippen molar-refractivity contribution >= 4 is 11.9 Å². The van der Waals surface area contributed by atoms with E-state index in [1.165, 1.54) is 24.8 Å². The van der Waals surface area contributed by atoms with Gasteiger partial charge in [0.15, 0.2) is 0 Å². The van der Waals surface area contributed by atoms with Crippen LogP contribution in [0.2, 0.25) is 0 Å². The van der Waals surface area contributed by atoms with Gasteiger partial charge in [-0.25, -0.2) is 4.79 Å². The zero-order valence-electron chi connectivity index (χ0n) is 16.7. The van der Waals surface area contributed by atoms with E-state index in [0.717, 1.165) is 32.5 Å². The number of rotatable bonds is 7. The second kappa shape index (κ2) is 9.23. The van der Waals surface area contributed by atoms with E-state index in [9.17, 15) is 9.59 Å². The molecule has 0 bridgehead atoms. The highest BCUT2D eigenvalue weighted by Crippen LogP contribution is 2.24. The normalized spacial score (nSPS) is 18.1. The van der Waals surface area contributed by atoms with Crippen LogP contribution in [0.3, 0.4) is 0 Å². The lowest BCUT2D eigenvalue weighted by Gasteiger charge is -2.26. The Balaban J connectivity index is 1.41.